The van der Waals surface area contributed by atoms with Gasteiger partial charge >= 0.3 is 56.6 Å². The van der Waals surface area contributed by atoms with Gasteiger partial charge in [-0.1, -0.05) is 32.6 Å². The van der Waals surface area contributed by atoms with Gasteiger partial charge in [-0.15, -0.1) is 0 Å². The second kappa shape index (κ2) is 8.44. The summed E-state index contributed by atoms with van der Waals surface area (Å²) < 4.78 is 68.0. The number of unbranched alkanes of at least 4 members (excludes halogenated alkanes) is 3. The molecule has 0 aliphatic heterocycles. The Hall–Kier alpha value is 1.34. The molecular weight excluding hydrogens is 272 g/mol. The predicted molar refractivity (Wildman–Crippen MR) is 48.3 cm³/mol. The Balaban J connectivity index is 0. The summed E-state index contributed by atoms with van der Waals surface area (Å²) in [5.41, 5.74) is 0. The summed E-state index contributed by atoms with van der Waals surface area (Å²) in [6.45, 7) is 1.89. The molecule has 0 spiro atoms. The summed E-state index contributed by atoms with van der Waals surface area (Å²) in [5, 5.41) is -4.81. The molecule has 1 unspecified atom stereocenters. The second-order valence-electron chi connectivity index (χ2n) is 3.33. The molecule has 0 heterocycles. The first kappa shape index (κ1) is 19.7. The minimum Gasteiger partial charge on any atom is -0.743 e. The maximum Gasteiger partial charge on any atom is 1.00 e. The third-order valence-corrected chi connectivity index (χ3v) is 2.93. The molecule has 0 rings (SSSR count). The van der Waals surface area contributed by atoms with Gasteiger partial charge < -0.3 is 4.55 Å². The minimum atomic E-state index is -5.90. The minimum absolute atomic E-state index is 0. The van der Waals surface area contributed by atoms with Gasteiger partial charge in [0.2, 0.25) is 0 Å². The van der Waals surface area contributed by atoms with Crippen molar-refractivity contribution in [3.8, 4) is 0 Å². The molecule has 0 aliphatic carbocycles. The van der Waals surface area contributed by atoms with E-state index in [0.717, 1.165) is 12.8 Å². The summed E-state index contributed by atoms with van der Waals surface area (Å²) in [4.78, 5) is 0. The quantitative estimate of drug-likeness (QED) is 0.358. The van der Waals surface area contributed by atoms with Crippen molar-refractivity contribution >= 4 is 10.1 Å². The fourth-order valence-corrected chi connectivity index (χ4v) is 1.51. The van der Waals surface area contributed by atoms with E-state index < -0.39 is 28.0 Å². The van der Waals surface area contributed by atoms with Crippen LogP contribution in [0.4, 0.5) is 13.2 Å². The Bertz CT molecular complexity index is 282. The maximum atomic E-state index is 12.8. The van der Waals surface area contributed by atoms with Gasteiger partial charge in [-0.25, -0.2) is 12.8 Å². The number of hydrogen-bond acceptors (Lipinski definition) is 3. The van der Waals surface area contributed by atoms with Crippen LogP contribution in [0.25, 0.3) is 0 Å². The van der Waals surface area contributed by atoms with Crippen LogP contribution in [0, 0.1) is 0 Å². The van der Waals surface area contributed by atoms with Crippen LogP contribution in [-0.4, -0.2) is 24.4 Å². The smallest absolute Gasteiger partial charge is 0.743 e. The van der Waals surface area contributed by atoms with E-state index in [0.29, 0.717) is 6.42 Å². The molecule has 0 amide bonds. The van der Waals surface area contributed by atoms with E-state index in [1.807, 2.05) is 6.92 Å². The SMILES string of the molecule is CCCCCCC(F)C(F)(F)S(=O)(=O)[O-].[K+]. The van der Waals surface area contributed by atoms with E-state index in [4.69, 9.17) is 0 Å². The van der Waals surface area contributed by atoms with E-state index >= 15 is 0 Å². The number of hydrogen-bond donors (Lipinski definition) is 0. The van der Waals surface area contributed by atoms with Gasteiger partial charge in [0.15, 0.2) is 16.3 Å². The zero-order chi connectivity index (χ0) is 12.1. The third kappa shape index (κ3) is 6.32. The number of halogens is 3. The van der Waals surface area contributed by atoms with Crippen molar-refractivity contribution in [2.45, 2.75) is 50.5 Å². The Morgan fingerprint density at radius 2 is 1.75 bits per heavy atom. The van der Waals surface area contributed by atoms with E-state index in [-0.39, 0.29) is 57.8 Å². The topological polar surface area (TPSA) is 57.2 Å². The molecule has 0 aliphatic rings. The van der Waals surface area contributed by atoms with E-state index in [2.05, 4.69) is 0 Å². The van der Waals surface area contributed by atoms with Gasteiger partial charge in [-0.3, -0.25) is 0 Å². The number of rotatable bonds is 7. The van der Waals surface area contributed by atoms with Crippen molar-refractivity contribution in [1.29, 1.82) is 0 Å². The molecule has 0 saturated heterocycles. The monoisotopic (exact) mass is 286 g/mol. The first-order chi connectivity index (χ1) is 6.73. The van der Waals surface area contributed by atoms with Gasteiger partial charge in [0.1, 0.15) is 0 Å². The van der Waals surface area contributed by atoms with Crippen LogP contribution >= 0.6 is 0 Å². The van der Waals surface area contributed by atoms with E-state index in [1.165, 1.54) is 0 Å². The van der Waals surface area contributed by atoms with E-state index in [9.17, 15) is 26.1 Å². The van der Waals surface area contributed by atoms with Gasteiger partial charge in [-0.05, 0) is 6.42 Å². The summed E-state index contributed by atoms with van der Waals surface area (Å²) in [5.74, 6) is 0. The standard InChI is InChI=1S/C8H15F3O3S.K/c1-2-3-4-5-6-7(9)8(10,11)15(12,13)14;/h7H,2-6H2,1H3,(H,12,13,14);/q;+1/p-1. The van der Waals surface area contributed by atoms with E-state index in [1.54, 1.807) is 0 Å². The molecular formula is C8H14F3KO3S. The summed E-state index contributed by atoms with van der Waals surface area (Å²) in [7, 11) is -5.90. The van der Waals surface area contributed by atoms with Crippen molar-refractivity contribution < 1.29 is 77.5 Å². The zero-order valence-electron chi connectivity index (χ0n) is 9.38. The normalized spacial score (nSPS) is 14.3. The molecule has 0 bridgehead atoms. The molecule has 0 fully saturated rings. The van der Waals surface area contributed by atoms with Crippen LogP contribution in [0.5, 0.6) is 0 Å². The van der Waals surface area contributed by atoms with Crippen LogP contribution in [0.1, 0.15) is 39.0 Å². The van der Waals surface area contributed by atoms with Gasteiger partial charge in [0.25, 0.3) is 0 Å². The first-order valence-electron chi connectivity index (χ1n) is 4.70. The fraction of sp³-hybridized carbons (Fsp3) is 1.00. The fourth-order valence-electron chi connectivity index (χ4n) is 1.07. The van der Waals surface area contributed by atoms with Gasteiger partial charge in [0.05, 0.1) is 0 Å². The molecule has 0 radical (unpaired) electrons. The van der Waals surface area contributed by atoms with Gasteiger partial charge in [0, 0.05) is 0 Å². The predicted octanol–water partition coefficient (Wildman–Crippen LogP) is -0.563. The molecule has 0 aromatic heterocycles. The molecule has 0 aromatic carbocycles. The van der Waals surface area contributed by atoms with Crippen LogP contribution in [0.15, 0.2) is 0 Å². The summed E-state index contributed by atoms with van der Waals surface area (Å²) >= 11 is 0. The first-order valence-corrected chi connectivity index (χ1v) is 6.11. The zero-order valence-corrected chi connectivity index (χ0v) is 13.3. The summed E-state index contributed by atoms with van der Waals surface area (Å²) in [6.07, 6.45) is -1.19. The average Bonchev–Trinajstić information content (AvgIpc) is 2.10. The van der Waals surface area contributed by atoms with Crippen LogP contribution in [0.3, 0.4) is 0 Å². The Morgan fingerprint density at radius 3 is 2.12 bits per heavy atom. The second-order valence-corrected chi connectivity index (χ2v) is 4.79. The molecule has 92 valence electrons. The van der Waals surface area contributed by atoms with Crippen molar-refractivity contribution in [3.63, 3.8) is 0 Å². The Kier molecular flexibility index (Phi) is 10.4. The molecule has 3 nitrogen and oxygen atoms in total. The molecule has 0 aromatic rings. The third-order valence-electron chi connectivity index (χ3n) is 2.01. The van der Waals surface area contributed by atoms with Crippen LogP contribution in [0.2, 0.25) is 0 Å². The maximum absolute atomic E-state index is 12.8. The summed E-state index contributed by atoms with van der Waals surface area (Å²) in [6, 6.07) is 0. The molecule has 1 atom stereocenters. The van der Waals surface area contributed by atoms with Crippen molar-refractivity contribution in [2.24, 2.45) is 0 Å². The largest absolute Gasteiger partial charge is 1.00 e. The average molecular weight is 286 g/mol. The molecule has 0 saturated carbocycles. The van der Waals surface area contributed by atoms with Crippen LogP contribution < -0.4 is 51.4 Å². The van der Waals surface area contributed by atoms with Crippen molar-refractivity contribution in [2.75, 3.05) is 0 Å². The Labute approximate surface area is 136 Å². The van der Waals surface area contributed by atoms with Gasteiger partial charge in [-0.2, -0.15) is 8.78 Å². The van der Waals surface area contributed by atoms with Crippen molar-refractivity contribution in [1.82, 2.24) is 0 Å². The van der Waals surface area contributed by atoms with Crippen LogP contribution in [-0.2, 0) is 10.1 Å². The number of alkyl halides is 3. The Morgan fingerprint density at radius 1 is 1.25 bits per heavy atom. The molecule has 0 N–H and O–H groups in total. The molecule has 8 heteroatoms. The van der Waals surface area contributed by atoms with Crippen molar-refractivity contribution in [3.05, 3.63) is 0 Å². The molecule has 16 heavy (non-hydrogen) atoms.